The number of nitrogens with one attached hydrogen (secondary N) is 1. The third-order valence-electron chi connectivity index (χ3n) is 3.43. The van der Waals surface area contributed by atoms with Crippen molar-refractivity contribution in [2.75, 3.05) is 5.32 Å². The van der Waals surface area contributed by atoms with Gasteiger partial charge in [0.1, 0.15) is 0 Å². The zero-order chi connectivity index (χ0) is 13.8. The van der Waals surface area contributed by atoms with Crippen molar-refractivity contribution >= 4 is 33.5 Å². The molecule has 1 saturated carbocycles. The number of rotatable bonds is 4. The van der Waals surface area contributed by atoms with Crippen LogP contribution in [-0.4, -0.2) is 17.0 Å². The fourth-order valence-corrected chi connectivity index (χ4v) is 2.85. The second-order valence-corrected chi connectivity index (χ2v) is 5.81. The smallest absolute Gasteiger partial charge is 0.337 e. The molecule has 2 N–H and O–H groups in total. The van der Waals surface area contributed by atoms with Gasteiger partial charge in [-0.3, -0.25) is 4.79 Å². The summed E-state index contributed by atoms with van der Waals surface area (Å²) in [4.78, 5) is 23.0. The lowest BCUT2D eigenvalue weighted by molar-refractivity contribution is -0.117. The number of carbonyl (C=O) groups excluding carboxylic acids is 1. The molecule has 2 rings (SSSR count). The summed E-state index contributed by atoms with van der Waals surface area (Å²) in [6.07, 6.45) is 5.05. The van der Waals surface area contributed by atoms with E-state index in [9.17, 15) is 9.59 Å². The lowest BCUT2D eigenvalue weighted by atomic mass is 10.0. The molecular weight excluding hydrogens is 310 g/mol. The molecular formula is C14H16BrNO3. The molecule has 5 heteroatoms. The van der Waals surface area contributed by atoms with Gasteiger partial charge in [0.15, 0.2) is 0 Å². The van der Waals surface area contributed by atoms with Gasteiger partial charge in [0, 0.05) is 10.9 Å². The Morgan fingerprint density at radius 2 is 2.00 bits per heavy atom. The maximum atomic E-state index is 11.9. The van der Waals surface area contributed by atoms with Crippen LogP contribution in [0.3, 0.4) is 0 Å². The third kappa shape index (κ3) is 3.80. The highest BCUT2D eigenvalue weighted by molar-refractivity contribution is 9.10. The maximum Gasteiger partial charge on any atom is 0.337 e. The average molecular weight is 326 g/mol. The highest BCUT2D eigenvalue weighted by Gasteiger charge is 2.19. The number of carbonyl (C=O) groups is 2. The van der Waals surface area contributed by atoms with Crippen LogP contribution in [0.5, 0.6) is 0 Å². The van der Waals surface area contributed by atoms with E-state index in [0.29, 0.717) is 18.0 Å². The van der Waals surface area contributed by atoms with Crippen molar-refractivity contribution in [1.29, 1.82) is 0 Å². The fourth-order valence-electron chi connectivity index (χ4n) is 2.48. The van der Waals surface area contributed by atoms with Gasteiger partial charge in [-0.25, -0.2) is 4.79 Å². The largest absolute Gasteiger partial charge is 0.478 e. The Kier molecular flexibility index (Phi) is 4.58. The number of anilines is 1. The minimum Gasteiger partial charge on any atom is -0.478 e. The van der Waals surface area contributed by atoms with Crippen LogP contribution in [0.4, 0.5) is 5.69 Å². The Morgan fingerprint density at radius 1 is 1.32 bits per heavy atom. The molecule has 0 saturated heterocycles. The molecule has 0 unspecified atom stereocenters. The zero-order valence-electron chi connectivity index (χ0n) is 10.5. The Bertz CT molecular complexity index is 495. The first kappa shape index (κ1) is 14.1. The monoisotopic (exact) mass is 325 g/mol. The summed E-state index contributed by atoms with van der Waals surface area (Å²) in [5, 5.41) is 11.8. The lowest BCUT2D eigenvalue weighted by Gasteiger charge is -2.11. The second-order valence-electron chi connectivity index (χ2n) is 4.90. The molecule has 1 aromatic rings. The van der Waals surface area contributed by atoms with Crippen molar-refractivity contribution in [2.45, 2.75) is 32.1 Å². The number of carboxylic acids is 1. The van der Waals surface area contributed by atoms with Gasteiger partial charge in [-0.15, -0.1) is 0 Å². The van der Waals surface area contributed by atoms with E-state index in [-0.39, 0.29) is 11.5 Å². The van der Waals surface area contributed by atoms with Crippen LogP contribution in [0.1, 0.15) is 42.5 Å². The fraction of sp³-hybridized carbons (Fsp3) is 0.429. The summed E-state index contributed by atoms with van der Waals surface area (Å²) >= 11 is 3.28. The van der Waals surface area contributed by atoms with Gasteiger partial charge in [-0.05, 0) is 37.0 Å². The van der Waals surface area contributed by atoms with Gasteiger partial charge >= 0.3 is 5.97 Å². The van der Waals surface area contributed by atoms with Crippen LogP contribution in [-0.2, 0) is 4.79 Å². The van der Waals surface area contributed by atoms with Gasteiger partial charge in [0.05, 0.1) is 11.3 Å². The SMILES string of the molecule is O=C(CC1CCCC1)Nc1cc(Br)ccc1C(=O)O. The number of halogens is 1. The summed E-state index contributed by atoms with van der Waals surface area (Å²) in [7, 11) is 0. The molecule has 0 heterocycles. The molecule has 1 fully saturated rings. The van der Waals surface area contributed by atoms with Gasteiger partial charge in [0.25, 0.3) is 0 Å². The van der Waals surface area contributed by atoms with E-state index >= 15 is 0 Å². The summed E-state index contributed by atoms with van der Waals surface area (Å²) in [5.41, 5.74) is 0.466. The van der Waals surface area contributed by atoms with Crippen LogP contribution in [0, 0.1) is 5.92 Å². The Labute approximate surface area is 120 Å². The quantitative estimate of drug-likeness (QED) is 0.887. The van der Waals surface area contributed by atoms with E-state index < -0.39 is 5.97 Å². The molecule has 0 aromatic heterocycles. The number of hydrogen-bond donors (Lipinski definition) is 2. The van der Waals surface area contributed by atoms with Gasteiger partial charge in [-0.1, -0.05) is 28.8 Å². The Hall–Kier alpha value is -1.36. The number of amides is 1. The molecule has 1 aromatic carbocycles. The molecule has 0 bridgehead atoms. The summed E-state index contributed by atoms with van der Waals surface area (Å²) < 4.78 is 0.744. The molecule has 0 atom stereocenters. The van der Waals surface area contributed by atoms with Gasteiger partial charge in [0.2, 0.25) is 5.91 Å². The standard InChI is InChI=1S/C14H16BrNO3/c15-10-5-6-11(14(18)19)12(8-10)16-13(17)7-9-3-1-2-4-9/h5-6,8-9H,1-4,7H2,(H,16,17)(H,18,19). The van der Waals surface area contributed by atoms with Crippen LogP contribution < -0.4 is 5.32 Å². The third-order valence-corrected chi connectivity index (χ3v) is 3.93. The van der Waals surface area contributed by atoms with E-state index in [1.807, 2.05) is 0 Å². The minimum absolute atomic E-state index is 0.104. The molecule has 1 amide bonds. The van der Waals surface area contributed by atoms with Crippen LogP contribution in [0.2, 0.25) is 0 Å². The van der Waals surface area contributed by atoms with Crippen LogP contribution >= 0.6 is 15.9 Å². The van der Waals surface area contributed by atoms with Crippen molar-refractivity contribution in [3.05, 3.63) is 28.2 Å². The van der Waals surface area contributed by atoms with E-state index in [4.69, 9.17) is 5.11 Å². The van der Waals surface area contributed by atoms with Gasteiger partial charge in [-0.2, -0.15) is 0 Å². The summed E-state index contributed by atoms with van der Waals surface area (Å²) in [5.74, 6) is -0.698. The second kappa shape index (κ2) is 6.19. The predicted octanol–water partition coefficient (Wildman–Crippen LogP) is 3.67. The van der Waals surface area contributed by atoms with E-state index in [1.54, 1.807) is 12.1 Å². The molecule has 4 nitrogen and oxygen atoms in total. The minimum atomic E-state index is -1.04. The topological polar surface area (TPSA) is 66.4 Å². The van der Waals surface area contributed by atoms with Gasteiger partial charge < -0.3 is 10.4 Å². The van der Waals surface area contributed by atoms with Crippen LogP contribution in [0.15, 0.2) is 22.7 Å². The number of benzene rings is 1. The molecule has 0 aliphatic heterocycles. The van der Waals surface area contributed by atoms with Crippen molar-refractivity contribution in [3.63, 3.8) is 0 Å². The number of hydrogen-bond acceptors (Lipinski definition) is 2. The maximum absolute atomic E-state index is 11.9. The Balaban J connectivity index is 2.06. The molecule has 1 aliphatic rings. The first-order valence-electron chi connectivity index (χ1n) is 6.39. The van der Waals surface area contributed by atoms with Crippen molar-refractivity contribution in [1.82, 2.24) is 0 Å². The van der Waals surface area contributed by atoms with Crippen molar-refractivity contribution in [2.24, 2.45) is 5.92 Å². The van der Waals surface area contributed by atoms with E-state index in [0.717, 1.165) is 17.3 Å². The van der Waals surface area contributed by atoms with Crippen molar-refractivity contribution < 1.29 is 14.7 Å². The lowest BCUT2D eigenvalue weighted by Crippen LogP contribution is -2.17. The molecule has 1 aliphatic carbocycles. The van der Waals surface area contributed by atoms with E-state index in [1.165, 1.54) is 18.9 Å². The molecule has 0 spiro atoms. The molecule has 0 radical (unpaired) electrons. The van der Waals surface area contributed by atoms with Crippen LogP contribution in [0.25, 0.3) is 0 Å². The molecule has 19 heavy (non-hydrogen) atoms. The zero-order valence-corrected chi connectivity index (χ0v) is 12.1. The first-order valence-corrected chi connectivity index (χ1v) is 7.18. The number of aromatic carboxylic acids is 1. The average Bonchev–Trinajstić information content (AvgIpc) is 2.81. The summed E-state index contributed by atoms with van der Waals surface area (Å²) in [6.45, 7) is 0. The summed E-state index contributed by atoms with van der Waals surface area (Å²) in [6, 6.07) is 4.75. The number of carboxylic acid groups (broad SMARTS) is 1. The highest BCUT2D eigenvalue weighted by atomic mass is 79.9. The highest BCUT2D eigenvalue weighted by Crippen LogP contribution is 2.28. The normalized spacial score (nSPS) is 15.4. The predicted molar refractivity (Wildman–Crippen MR) is 76.3 cm³/mol. The molecule has 102 valence electrons. The first-order chi connectivity index (χ1) is 9.06. The van der Waals surface area contributed by atoms with Crippen molar-refractivity contribution in [3.8, 4) is 0 Å². The Morgan fingerprint density at radius 3 is 2.63 bits per heavy atom. The van der Waals surface area contributed by atoms with E-state index in [2.05, 4.69) is 21.2 Å².